The average Bonchev–Trinajstić information content (AvgIpc) is 2.54. The summed E-state index contributed by atoms with van der Waals surface area (Å²) in [6.07, 6.45) is 7.69. The first kappa shape index (κ1) is 10.1. The molecule has 2 aliphatic rings. The first-order chi connectivity index (χ1) is 7.83. The van der Waals surface area contributed by atoms with E-state index in [0.29, 0.717) is 0 Å². The van der Waals surface area contributed by atoms with Crippen LogP contribution in [0.3, 0.4) is 0 Å². The van der Waals surface area contributed by atoms with Gasteiger partial charge in [0.25, 0.3) is 0 Å². The first-order valence-corrected chi connectivity index (χ1v) is 6.28. The van der Waals surface area contributed by atoms with Crippen LogP contribution in [0.5, 0.6) is 0 Å². The van der Waals surface area contributed by atoms with E-state index in [1.807, 2.05) is 0 Å². The Morgan fingerprint density at radius 1 is 1.19 bits per heavy atom. The van der Waals surface area contributed by atoms with Crippen LogP contribution in [0.2, 0.25) is 0 Å². The number of hydrogen-bond acceptors (Lipinski definition) is 1. The van der Waals surface area contributed by atoms with E-state index in [1.165, 1.54) is 24.8 Å². The van der Waals surface area contributed by atoms with Crippen LogP contribution in [0.25, 0.3) is 0 Å². The van der Waals surface area contributed by atoms with Crippen LogP contribution in [0.4, 0.5) is 0 Å². The molecule has 1 fully saturated rings. The molecule has 2 bridgehead atoms. The van der Waals surface area contributed by atoms with Crippen molar-refractivity contribution < 1.29 is 0 Å². The van der Waals surface area contributed by atoms with Gasteiger partial charge in [-0.15, -0.1) is 0 Å². The van der Waals surface area contributed by atoms with Gasteiger partial charge in [0, 0.05) is 12.1 Å². The van der Waals surface area contributed by atoms with Gasteiger partial charge in [0.2, 0.25) is 0 Å². The minimum atomic E-state index is 0.720. The lowest BCUT2D eigenvalue weighted by Crippen LogP contribution is -2.35. The van der Waals surface area contributed by atoms with Gasteiger partial charge in [-0.2, -0.15) is 0 Å². The number of fused-ring (bicyclic) bond motifs is 2. The zero-order chi connectivity index (χ0) is 11.0. The minimum Gasteiger partial charge on any atom is -0.297 e. The van der Waals surface area contributed by atoms with Gasteiger partial charge in [-0.3, -0.25) is 4.90 Å². The van der Waals surface area contributed by atoms with Crippen LogP contribution in [0, 0.1) is 0 Å². The highest BCUT2D eigenvalue weighted by atomic mass is 15.2. The largest absolute Gasteiger partial charge is 0.297 e. The fourth-order valence-electron chi connectivity index (χ4n) is 3.12. The van der Waals surface area contributed by atoms with Crippen molar-refractivity contribution in [2.75, 3.05) is 7.05 Å². The zero-order valence-electron chi connectivity index (χ0n) is 9.89. The second kappa shape index (κ2) is 4.06. The van der Waals surface area contributed by atoms with Crippen LogP contribution in [0.15, 0.2) is 42.0 Å². The lowest BCUT2D eigenvalue weighted by Gasteiger charge is -2.30. The molecule has 0 N–H and O–H groups in total. The van der Waals surface area contributed by atoms with Gasteiger partial charge in [0.05, 0.1) is 0 Å². The highest BCUT2D eigenvalue weighted by Gasteiger charge is 2.33. The third kappa shape index (κ3) is 1.80. The van der Waals surface area contributed by atoms with E-state index in [9.17, 15) is 0 Å². The molecule has 16 heavy (non-hydrogen) atoms. The van der Waals surface area contributed by atoms with Gasteiger partial charge in [0.1, 0.15) is 0 Å². The van der Waals surface area contributed by atoms with E-state index in [1.54, 1.807) is 5.57 Å². The van der Waals surface area contributed by atoms with Crippen molar-refractivity contribution in [3.05, 3.63) is 47.5 Å². The highest BCUT2D eigenvalue weighted by molar-refractivity contribution is 5.26. The predicted octanol–water partition coefficient (Wildman–Crippen LogP) is 3.02. The van der Waals surface area contributed by atoms with Crippen LogP contribution in [-0.4, -0.2) is 24.0 Å². The van der Waals surface area contributed by atoms with E-state index in [4.69, 9.17) is 0 Å². The van der Waals surface area contributed by atoms with Gasteiger partial charge in [-0.1, -0.05) is 42.0 Å². The van der Waals surface area contributed by atoms with Gasteiger partial charge >= 0.3 is 0 Å². The Morgan fingerprint density at radius 2 is 2.00 bits per heavy atom. The number of hydrogen-bond donors (Lipinski definition) is 0. The lowest BCUT2D eigenvalue weighted by molar-refractivity contribution is 0.253. The van der Waals surface area contributed by atoms with Gasteiger partial charge < -0.3 is 0 Å². The monoisotopic (exact) mass is 213 g/mol. The van der Waals surface area contributed by atoms with Crippen molar-refractivity contribution in [1.82, 2.24) is 4.90 Å². The zero-order valence-corrected chi connectivity index (χ0v) is 9.89. The van der Waals surface area contributed by atoms with Crippen LogP contribution < -0.4 is 0 Å². The minimum absolute atomic E-state index is 0.720. The van der Waals surface area contributed by atoms with Gasteiger partial charge in [-0.25, -0.2) is 0 Å². The Kier molecular flexibility index (Phi) is 2.56. The maximum absolute atomic E-state index is 2.55. The summed E-state index contributed by atoms with van der Waals surface area (Å²) in [7, 11) is 2.28. The molecule has 0 amide bonds. The van der Waals surface area contributed by atoms with Crippen LogP contribution >= 0.6 is 0 Å². The third-order valence-electron chi connectivity index (χ3n) is 4.09. The summed E-state index contributed by atoms with van der Waals surface area (Å²) in [6, 6.07) is 12.4. The maximum atomic E-state index is 2.55. The molecule has 1 aromatic rings. The van der Waals surface area contributed by atoms with E-state index in [0.717, 1.165) is 18.5 Å². The Morgan fingerprint density at radius 3 is 2.75 bits per heavy atom. The quantitative estimate of drug-likeness (QED) is 0.683. The van der Waals surface area contributed by atoms with Crippen molar-refractivity contribution >= 4 is 0 Å². The maximum Gasteiger partial charge on any atom is 0.0281 e. The summed E-state index contributed by atoms with van der Waals surface area (Å²) in [5.41, 5.74) is 3.11. The molecule has 1 saturated heterocycles. The van der Waals surface area contributed by atoms with E-state index >= 15 is 0 Å². The summed E-state index contributed by atoms with van der Waals surface area (Å²) in [5.74, 6) is 0. The number of nitrogens with zero attached hydrogens (tertiary/aromatic N) is 1. The molecule has 2 aliphatic heterocycles. The molecule has 0 unspecified atom stereocenters. The molecule has 0 spiro atoms. The molecule has 1 nitrogen and oxygen atoms in total. The smallest absolute Gasteiger partial charge is 0.0281 e. The lowest BCUT2D eigenvalue weighted by atomic mass is 9.95. The SMILES string of the molecule is CN1[C@H]2CC[C@@H]1C=C(Cc1ccccc1)C2. The Bertz CT molecular complexity index is 393. The molecule has 3 rings (SSSR count). The molecule has 1 heteroatoms. The van der Waals surface area contributed by atoms with E-state index in [2.05, 4.69) is 48.4 Å². The predicted molar refractivity (Wildman–Crippen MR) is 67.4 cm³/mol. The number of benzene rings is 1. The molecule has 2 atom stereocenters. The van der Waals surface area contributed by atoms with E-state index < -0.39 is 0 Å². The van der Waals surface area contributed by atoms with Crippen LogP contribution in [-0.2, 0) is 6.42 Å². The Hall–Kier alpha value is -1.08. The van der Waals surface area contributed by atoms with Crippen molar-refractivity contribution in [1.29, 1.82) is 0 Å². The molecule has 84 valence electrons. The second-order valence-electron chi connectivity index (χ2n) is 5.16. The number of likely N-dealkylation sites (N-methyl/N-ethyl adjacent to an activating group) is 1. The summed E-state index contributed by atoms with van der Waals surface area (Å²) < 4.78 is 0. The topological polar surface area (TPSA) is 3.24 Å². The standard InChI is InChI=1S/C15H19N/c1-16-14-7-8-15(16)11-13(10-14)9-12-5-3-2-4-6-12/h2-6,10,14-15H,7-9,11H2,1H3/t14-,15+/m1/s1. The van der Waals surface area contributed by atoms with Crippen molar-refractivity contribution in [2.45, 2.75) is 37.8 Å². The molecular weight excluding hydrogens is 194 g/mol. The van der Waals surface area contributed by atoms with E-state index in [-0.39, 0.29) is 0 Å². The summed E-state index contributed by atoms with van der Waals surface area (Å²) >= 11 is 0. The highest BCUT2D eigenvalue weighted by Crippen LogP contribution is 2.34. The molecule has 0 radical (unpaired) electrons. The fraction of sp³-hybridized carbons (Fsp3) is 0.467. The summed E-state index contributed by atoms with van der Waals surface area (Å²) in [6.45, 7) is 0. The Balaban J connectivity index is 1.76. The number of rotatable bonds is 2. The van der Waals surface area contributed by atoms with Gasteiger partial charge in [-0.05, 0) is 38.3 Å². The molecular formula is C15H19N. The second-order valence-corrected chi connectivity index (χ2v) is 5.16. The molecule has 0 aliphatic carbocycles. The summed E-state index contributed by atoms with van der Waals surface area (Å²) in [5, 5.41) is 0. The Labute approximate surface area is 97.8 Å². The molecule has 0 aromatic heterocycles. The summed E-state index contributed by atoms with van der Waals surface area (Å²) in [4.78, 5) is 2.55. The average molecular weight is 213 g/mol. The van der Waals surface area contributed by atoms with Gasteiger partial charge in [0.15, 0.2) is 0 Å². The normalized spacial score (nSPS) is 29.2. The van der Waals surface area contributed by atoms with Crippen molar-refractivity contribution in [2.24, 2.45) is 0 Å². The van der Waals surface area contributed by atoms with Crippen molar-refractivity contribution in [3.63, 3.8) is 0 Å². The molecule has 2 heterocycles. The molecule has 0 saturated carbocycles. The molecule has 1 aromatic carbocycles. The van der Waals surface area contributed by atoms with Crippen LogP contribution in [0.1, 0.15) is 24.8 Å². The first-order valence-electron chi connectivity index (χ1n) is 6.28. The van der Waals surface area contributed by atoms with Crippen molar-refractivity contribution in [3.8, 4) is 0 Å². The fourth-order valence-corrected chi connectivity index (χ4v) is 3.12. The third-order valence-corrected chi connectivity index (χ3v) is 4.09.